The minimum atomic E-state index is -0.625. The molecule has 18 nitrogen and oxygen atoms in total. The number of carbonyl (C=O) groups excluding carboxylic acids is 5. The molecule has 2 fully saturated rings. The highest BCUT2D eigenvalue weighted by atomic mass is 16.6. The van der Waals surface area contributed by atoms with E-state index in [1.165, 1.54) is 20.6 Å². The number of carbonyl (C=O) groups is 5. The summed E-state index contributed by atoms with van der Waals surface area (Å²) in [5, 5.41) is 14.7. The highest BCUT2D eigenvalue weighted by Gasteiger charge is 2.30. The van der Waals surface area contributed by atoms with Gasteiger partial charge < -0.3 is 64.6 Å². The second-order valence-corrected chi connectivity index (χ2v) is 20.2. The van der Waals surface area contributed by atoms with Crippen LogP contribution < -0.4 is 26.6 Å². The van der Waals surface area contributed by atoms with Crippen molar-refractivity contribution in [2.24, 2.45) is 11.8 Å². The number of amides is 5. The Hall–Kier alpha value is -6.57. The number of methoxy groups -OCH3 is 2. The van der Waals surface area contributed by atoms with Crippen LogP contribution in [0.2, 0.25) is 0 Å². The quantitative estimate of drug-likeness (QED) is 0.0331. The molecule has 4 aromatic rings. The maximum Gasteiger partial charge on any atom is 0.410 e. The molecule has 0 spiro atoms. The van der Waals surface area contributed by atoms with E-state index in [-0.39, 0.29) is 49.7 Å². The van der Waals surface area contributed by atoms with Crippen LogP contribution in [0.1, 0.15) is 114 Å². The zero-order valence-corrected chi connectivity index (χ0v) is 46.0. The minimum Gasteiger partial charge on any atom is -0.453 e. The summed E-state index contributed by atoms with van der Waals surface area (Å²) in [5.74, 6) is 0.454. The van der Waals surface area contributed by atoms with Crippen molar-refractivity contribution >= 4 is 30.1 Å². The number of nitrogens with one attached hydrogen (secondary N) is 5. The first-order valence-corrected chi connectivity index (χ1v) is 26.7. The molecule has 0 radical (unpaired) electrons. The van der Waals surface area contributed by atoms with Crippen molar-refractivity contribution in [1.29, 1.82) is 0 Å². The van der Waals surface area contributed by atoms with Crippen LogP contribution in [0.4, 0.5) is 14.4 Å². The molecule has 6 rings (SSSR count). The van der Waals surface area contributed by atoms with E-state index in [1.807, 2.05) is 131 Å². The van der Waals surface area contributed by atoms with E-state index in [4.69, 9.17) is 23.7 Å². The standard InChI is InChI=1S/C32H45N3O7.C27H37N3O5/c1-32(2,3)42-31(38)35(4)27(19-23-11-10-17-40-22-23)21-34-29(36)26-15-9-14-25(20-26)28(24-12-7-6-8-13-24)41-18-16-33-30(37)39-5;1-28-24(16-20-8-7-14-34-19-20)18-30-26(31)23-12-6-11-22(17-23)25(21-9-4-3-5-10-21)35-15-13-29-27(32)33-2/h6-9,12-15,20,23,27-28H,10-11,16-19,21-22H2,1-5H3,(H,33,37)(H,34,36);3-6,9-12,17,20,24-25,28H,7-8,13-16,18-19H2,1-2H3,(H,29,32)(H,30,31)/t23-,27+,28?;20-,24+,25?/m11/s1. The van der Waals surface area contributed by atoms with Crippen LogP contribution >= 0.6 is 0 Å². The van der Waals surface area contributed by atoms with Crippen molar-refractivity contribution in [3.8, 4) is 0 Å². The molecule has 5 N–H and O–H groups in total. The number of ether oxygens (including phenoxy) is 7. The van der Waals surface area contributed by atoms with Gasteiger partial charge in [0.1, 0.15) is 17.8 Å². The molecule has 18 heteroatoms. The fourth-order valence-electron chi connectivity index (χ4n) is 9.08. The van der Waals surface area contributed by atoms with E-state index in [1.54, 1.807) is 18.0 Å². The van der Waals surface area contributed by atoms with Gasteiger partial charge in [-0.3, -0.25) is 9.59 Å². The van der Waals surface area contributed by atoms with Crippen LogP contribution in [-0.2, 0) is 33.2 Å². The Bertz CT molecular complexity index is 2390. The van der Waals surface area contributed by atoms with E-state index in [9.17, 15) is 24.0 Å². The Balaban J connectivity index is 0.000000289. The average Bonchev–Trinajstić information content (AvgIpc) is 3.45. The van der Waals surface area contributed by atoms with Crippen LogP contribution in [0.15, 0.2) is 109 Å². The number of hydrogen-bond donors (Lipinski definition) is 5. The second-order valence-electron chi connectivity index (χ2n) is 20.2. The zero-order chi connectivity index (χ0) is 55.4. The first kappa shape index (κ1) is 61.3. The fraction of sp³-hybridized carbons (Fsp3) is 0.508. The van der Waals surface area contributed by atoms with E-state index in [0.717, 1.165) is 67.8 Å². The van der Waals surface area contributed by atoms with Gasteiger partial charge in [0.05, 0.1) is 33.5 Å². The van der Waals surface area contributed by atoms with Gasteiger partial charge in [-0.05, 0) is 125 Å². The molecule has 2 unspecified atom stereocenters. The molecular formula is C59H82N6O12. The Morgan fingerprint density at radius 2 is 1.06 bits per heavy atom. The van der Waals surface area contributed by atoms with Crippen molar-refractivity contribution in [2.75, 3.05) is 94.1 Å². The van der Waals surface area contributed by atoms with Gasteiger partial charge in [0.25, 0.3) is 11.8 Å². The topological polar surface area (TPSA) is 213 Å². The Labute approximate surface area is 454 Å². The van der Waals surface area contributed by atoms with Gasteiger partial charge in [0.2, 0.25) is 0 Å². The lowest BCUT2D eigenvalue weighted by Crippen LogP contribution is -2.48. The number of rotatable bonds is 24. The summed E-state index contributed by atoms with van der Waals surface area (Å²) in [6.45, 7) is 10.5. The van der Waals surface area contributed by atoms with Crippen LogP contribution in [0, 0.1) is 11.8 Å². The van der Waals surface area contributed by atoms with E-state index < -0.39 is 30.0 Å². The third kappa shape index (κ3) is 21.8. The normalized spacial score (nSPS) is 16.9. The van der Waals surface area contributed by atoms with Gasteiger partial charge in [0, 0.05) is 76.8 Å². The summed E-state index contributed by atoms with van der Waals surface area (Å²) in [6, 6.07) is 34.2. The molecule has 6 atom stereocenters. The van der Waals surface area contributed by atoms with Gasteiger partial charge >= 0.3 is 18.3 Å². The van der Waals surface area contributed by atoms with E-state index in [0.29, 0.717) is 55.7 Å². The maximum atomic E-state index is 13.4. The molecule has 2 saturated heterocycles. The first-order valence-electron chi connectivity index (χ1n) is 26.7. The highest BCUT2D eigenvalue weighted by Crippen LogP contribution is 2.29. The Morgan fingerprint density at radius 1 is 0.610 bits per heavy atom. The van der Waals surface area contributed by atoms with Crippen molar-refractivity contribution in [1.82, 2.24) is 31.5 Å². The molecule has 2 aliphatic heterocycles. The van der Waals surface area contributed by atoms with Gasteiger partial charge in [-0.25, -0.2) is 14.4 Å². The van der Waals surface area contributed by atoms with Crippen molar-refractivity contribution < 1.29 is 57.1 Å². The average molecular weight is 1070 g/mol. The Kier molecular flexibility index (Phi) is 26.2. The lowest BCUT2D eigenvalue weighted by Gasteiger charge is -2.34. The molecule has 0 aromatic heterocycles. The van der Waals surface area contributed by atoms with Gasteiger partial charge in [-0.1, -0.05) is 84.9 Å². The summed E-state index contributed by atoms with van der Waals surface area (Å²) in [6.07, 6.45) is 3.66. The molecule has 4 aromatic carbocycles. The summed E-state index contributed by atoms with van der Waals surface area (Å²) in [5.41, 5.74) is 3.98. The molecule has 2 heterocycles. The Morgan fingerprint density at radius 3 is 1.49 bits per heavy atom. The van der Waals surface area contributed by atoms with Crippen LogP contribution in [0.25, 0.3) is 0 Å². The molecule has 0 bridgehead atoms. The number of likely N-dealkylation sites (N-methyl/N-ethyl adjacent to an activating group) is 2. The number of nitrogens with zero attached hydrogens (tertiary/aromatic N) is 1. The van der Waals surface area contributed by atoms with E-state index >= 15 is 0 Å². The summed E-state index contributed by atoms with van der Waals surface area (Å²) in [7, 11) is 6.27. The fourth-order valence-corrected chi connectivity index (χ4v) is 9.08. The third-order valence-corrected chi connectivity index (χ3v) is 13.2. The van der Waals surface area contributed by atoms with Crippen LogP contribution in [0.3, 0.4) is 0 Å². The second kappa shape index (κ2) is 32.9. The van der Waals surface area contributed by atoms with Crippen molar-refractivity contribution in [3.63, 3.8) is 0 Å². The van der Waals surface area contributed by atoms with Crippen LogP contribution in [-0.4, -0.2) is 147 Å². The zero-order valence-electron chi connectivity index (χ0n) is 46.0. The molecule has 77 heavy (non-hydrogen) atoms. The molecular weight excluding hydrogens is 985 g/mol. The lowest BCUT2D eigenvalue weighted by atomic mass is 9.93. The maximum absolute atomic E-state index is 13.4. The number of alkyl carbamates (subject to hydrolysis) is 2. The predicted octanol–water partition coefficient (Wildman–Crippen LogP) is 8.21. The summed E-state index contributed by atoms with van der Waals surface area (Å²) in [4.78, 5) is 63.5. The lowest BCUT2D eigenvalue weighted by molar-refractivity contribution is 0.0112. The molecule has 0 saturated carbocycles. The van der Waals surface area contributed by atoms with Gasteiger partial charge in [-0.2, -0.15) is 0 Å². The van der Waals surface area contributed by atoms with Crippen molar-refractivity contribution in [2.45, 2.75) is 89.2 Å². The van der Waals surface area contributed by atoms with Gasteiger partial charge in [0.15, 0.2) is 0 Å². The monoisotopic (exact) mass is 1070 g/mol. The van der Waals surface area contributed by atoms with E-state index in [2.05, 4.69) is 36.1 Å². The molecule has 0 aliphatic carbocycles. The number of benzene rings is 4. The largest absolute Gasteiger partial charge is 0.453 e. The van der Waals surface area contributed by atoms with Crippen LogP contribution in [0.5, 0.6) is 0 Å². The molecule has 420 valence electrons. The van der Waals surface area contributed by atoms with Crippen molar-refractivity contribution in [3.05, 3.63) is 143 Å². The number of hydrogen-bond acceptors (Lipinski definition) is 13. The van der Waals surface area contributed by atoms with Gasteiger partial charge in [-0.15, -0.1) is 0 Å². The minimum absolute atomic E-state index is 0.119. The molecule has 5 amide bonds. The highest BCUT2D eigenvalue weighted by molar-refractivity contribution is 5.95. The summed E-state index contributed by atoms with van der Waals surface area (Å²) >= 11 is 0. The summed E-state index contributed by atoms with van der Waals surface area (Å²) < 4.78 is 38.3. The molecule has 2 aliphatic rings. The smallest absolute Gasteiger partial charge is 0.410 e. The predicted molar refractivity (Wildman–Crippen MR) is 294 cm³/mol. The third-order valence-electron chi connectivity index (χ3n) is 13.2. The SMILES string of the molecule is CN[C@H](CNC(=O)c1cccc(C(OCCNC(=O)OC)c2ccccc2)c1)C[C@H]1CCCOC1.COC(=O)NCCOC(c1ccccc1)c1cccc(C(=O)NC[C@H](C[C@H]2CCCOC2)N(C)C(=O)OC(C)(C)C)c1. The first-order chi connectivity index (χ1) is 37.2.